The molecule has 0 spiro atoms. The Balaban J connectivity index is 1.68. The highest BCUT2D eigenvalue weighted by atomic mass is 32.2. The minimum Gasteiger partial charge on any atom is -0.307 e. The van der Waals surface area contributed by atoms with Crippen LogP contribution in [0.1, 0.15) is 42.1 Å². The Morgan fingerprint density at radius 2 is 1.91 bits per heavy atom. The largest absolute Gasteiger partial charge is 0.307 e. The Morgan fingerprint density at radius 1 is 1.22 bits per heavy atom. The summed E-state index contributed by atoms with van der Waals surface area (Å²) in [6.07, 6.45) is 6.19. The molecule has 1 fully saturated rings. The molecule has 1 aliphatic rings. The van der Waals surface area contributed by atoms with Crippen molar-refractivity contribution in [2.24, 2.45) is 0 Å². The fourth-order valence-corrected chi connectivity index (χ4v) is 3.33. The van der Waals surface area contributed by atoms with E-state index in [1.165, 1.54) is 25.0 Å². The van der Waals surface area contributed by atoms with Crippen LogP contribution in [0.15, 0.2) is 41.4 Å². The maximum Gasteiger partial charge on any atom is 0.288 e. The standard InChI is InChI=1S/C16H17F2N3OS/c17-16(18)23-13-7-5-11(6-8-13)15(22)20-14-9-10-19-21(14)12-3-1-2-4-12/h5-10,12,16H,1-4H2,(H,20,22). The van der Waals surface area contributed by atoms with Crippen LogP contribution in [0.2, 0.25) is 0 Å². The number of aromatic nitrogens is 2. The molecule has 2 aromatic rings. The molecule has 0 saturated heterocycles. The molecule has 0 bridgehead atoms. The van der Waals surface area contributed by atoms with Crippen molar-refractivity contribution < 1.29 is 13.6 Å². The zero-order chi connectivity index (χ0) is 16.2. The van der Waals surface area contributed by atoms with Crippen molar-refractivity contribution in [1.29, 1.82) is 0 Å². The Hall–Kier alpha value is -1.89. The summed E-state index contributed by atoms with van der Waals surface area (Å²) >= 11 is 0.464. The number of halogens is 2. The first kappa shape index (κ1) is 16.0. The topological polar surface area (TPSA) is 46.9 Å². The minimum absolute atomic E-state index is 0.265. The fraction of sp³-hybridized carbons (Fsp3) is 0.375. The predicted octanol–water partition coefficient (Wildman–Crippen LogP) is 4.57. The number of anilines is 1. The van der Waals surface area contributed by atoms with E-state index in [1.807, 2.05) is 4.68 Å². The van der Waals surface area contributed by atoms with E-state index in [4.69, 9.17) is 0 Å². The second kappa shape index (κ2) is 7.12. The molecule has 1 N–H and O–H groups in total. The number of nitrogens with one attached hydrogen (secondary N) is 1. The number of amides is 1. The predicted molar refractivity (Wildman–Crippen MR) is 86.0 cm³/mol. The highest BCUT2D eigenvalue weighted by Crippen LogP contribution is 2.31. The van der Waals surface area contributed by atoms with E-state index in [2.05, 4.69) is 10.4 Å². The quantitative estimate of drug-likeness (QED) is 0.813. The van der Waals surface area contributed by atoms with Gasteiger partial charge in [0, 0.05) is 16.5 Å². The third-order valence-electron chi connectivity index (χ3n) is 3.92. The Morgan fingerprint density at radius 3 is 2.57 bits per heavy atom. The van der Waals surface area contributed by atoms with Crippen molar-refractivity contribution in [3.63, 3.8) is 0 Å². The van der Waals surface area contributed by atoms with Gasteiger partial charge in [-0.05, 0) is 37.1 Å². The normalized spacial score (nSPS) is 15.3. The van der Waals surface area contributed by atoms with Crippen molar-refractivity contribution in [1.82, 2.24) is 9.78 Å². The number of alkyl halides is 2. The monoisotopic (exact) mass is 337 g/mol. The van der Waals surface area contributed by atoms with E-state index in [-0.39, 0.29) is 5.91 Å². The molecular weight excluding hydrogens is 320 g/mol. The number of thioether (sulfide) groups is 1. The molecule has 7 heteroatoms. The van der Waals surface area contributed by atoms with Gasteiger partial charge in [0.25, 0.3) is 11.7 Å². The van der Waals surface area contributed by atoms with E-state index >= 15 is 0 Å². The maximum atomic E-state index is 12.3. The fourth-order valence-electron chi connectivity index (χ4n) is 2.83. The Kier molecular flexibility index (Phi) is 4.95. The molecule has 0 radical (unpaired) electrons. The van der Waals surface area contributed by atoms with Gasteiger partial charge in [0.05, 0.1) is 12.2 Å². The van der Waals surface area contributed by atoms with Crippen molar-refractivity contribution in [3.05, 3.63) is 42.1 Å². The average Bonchev–Trinajstić information content (AvgIpc) is 3.18. The molecule has 1 aromatic carbocycles. The molecule has 1 heterocycles. The number of nitrogens with zero attached hydrogens (tertiary/aromatic N) is 2. The summed E-state index contributed by atoms with van der Waals surface area (Å²) < 4.78 is 26.5. The molecule has 3 rings (SSSR count). The van der Waals surface area contributed by atoms with E-state index in [1.54, 1.807) is 24.4 Å². The Labute approximate surface area is 137 Å². The van der Waals surface area contributed by atoms with E-state index in [0.717, 1.165) is 12.8 Å². The molecule has 0 unspecified atom stereocenters. The van der Waals surface area contributed by atoms with Gasteiger partial charge in [-0.15, -0.1) is 0 Å². The van der Waals surface area contributed by atoms with E-state index < -0.39 is 5.76 Å². The SMILES string of the molecule is O=C(Nc1ccnn1C1CCCC1)c1ccc(SC(F)F)cc1. The summed E-state index contributed by atoms with van der Waals surface area (Å²) in [5.41, 5.74) is 0.433. The van der Waals surface area contributed by atoms with Crippen LogP contribution < -0.4 is 5.32 Å². The van der Waals surface area contributed by atoms with Crippen LogP contribution in [0.5, 0.6) is 0 Å². The third kappa shape index (κ3) is 3.90. The zero-order valence-electron chi connectivity index (χ0n) is 12.4. The highest BCUT2D eigenvalue weighted by molar-refractivity contribution is 7.99. The van der Waals surface area contributed by atoms with Gasteiger partial charge in [0.2, 0.25) is 0 Å². The summed E-state index contributed by atoms with van der Waals surface area (Å²) in [7, 11) is 0. The summed E-state index contributed by atoms with van der Waals surface area (Å²) in [6.45, 7) is 0. The summed E-state index contributed by atoms with van der Waals surface area (Å²) in [5, 5.41) is 7.16. The van der Waals surface area contributed by atoms with Gasteiger partial charge in [0.15, 0.2) is 0 Å². The zero-order valence-corrected chi connectivity index (χ0v) is 13.2. The van der Waals surface area contributed by atoms with E-state index in [9.17, 15) is 13.6 Å². The van der Waals surface area contributed by atoms with Crippen LogP contribution in [0.4, 0.5) is 14.6 Å². The molecule has 122 valence electrons. The molecule has 23 heavy (non-hydrogen) atoms. The van der Waals surface area contributed by atoms with Gasteiger partial charge in [-0.25, -0.2) is 4.68 Å². The molecular formula is C16H17F2N3OS. The smallest absolute Gasteiger partial charge is 0.288 e. The molecule has 4 nitrogen and oxygen atoms in total. The number of carbonyl (C=O) groups is 1. The van der Waals surface area contributed by atoms with Crippen LogP contribution in [0, 0.1) is 0 Å². The van der Waals surface area contributed by atoms with Gasteiger partial charge in [-0.2, -0.15) is 13.9 Å². The lowest BCUT2D eigenvalue weighted by molar-refractivity contribution is 0.102. The van der Waals surface area contributed by atoms with Crippen molar-refractivity contribution in [3.8, 4) is 0 Å². The molecule has 0 aliphatic heterocycles. The van der Waals surface area contributed by atoms with Crippen LogP contribution in [0.25, 0.3) is 0 Å². The van der Waals surface area contributed by atoms with Crippen molar-refractivity contribution >= 4 is 23.5 Å². The van der Waals surface area contributed by atoms with Gasteiger partial charge < -0.3 is 5.32 Å². The van der Waals surface area contributed by atoms with Crippen LogP contribution >= 0.6 is 11.8 Å². The van der Waals surface area contributed by atoms with Crippen LogP contribution in [0.3, 0.4) is 0 Å². The molecule has 0 atom stereocenters. The average molecular weight is 337 g/mol. The second-order valence-electron chi connectivity index (χ2n) is 5.46. The first-order chi connectivity index (χ1) is 11.1. The number of hydrogen-bond donors (Lipinski definition) is 1. The first-order valence-corrected chi connectivity index (χ1v) is 8.41. The Bertz CT molecular complexity index is 666. The second-order valence-corrected chi connectivity index (χ2v) is 6.52. The lowest BCUT2D eigenvalue weighted by atomic mass is 10.2. The first-order valence-electron chi connectivity index (χ1n) is 7.53. The minimum atomic E-state index is -2.46. The summed E-state index contributed by atoms with van der Waals surface area (Å²) in [5.74, 6) is -2.05. The molecule has 1 aliphatic carbocycles. The molecule has 1 amide bonds. The third-order valence-corrected chi connectivity index (χ3v) is 4.65. The van der Waals surface area contributed by atoms with Gasteiger partial charge >= 0.3 is 0 Å². The van der Waals surface area contributed by atoms with Crippen LogP contribution in [-0.2, 0) is 0 Å². The number of rotatable bonds is 5. The number of hydrogen-bond acceptors (Lipinski definition) is 3. The van der Waals surface area contributed by atoms with Gasteiger partial charge in [-0.1, -0.05) is 24.6 Å². The summed E-state index contributed by atoms with van der Waals surface area (Å²) in [4.78, 5) is 12.7. The lowest BCUT2D eigenvalue weighted by Gasteiger charge is -2.14. The number of carbonyl (C=O) groups excluding carboxylic acids is 1. The highest BCUT2D eigenvalue weighted by Gasteiger charge is 2.20. The summed E-state index contributed by atoms with van der Waals surface area (Å²) in [6, 6.07) is 8.27. The number of benzene rings is 1. The molecule has 1 saturated carbocycles. The lowest BCUT2D eigenvalue weighted by Crippen LogP contribution is -2.17. The van der Waals surface area contributed by atoms with E-state index in [0.29, 0.717) is 34.1 Å². The van der Waals surface area contributed by atoms with Gasteiger partial charge in [-0.3, -0.25) is 4.79 Å². The van der Waals surface area contributed by atoms with Gasteiger partial charge in [0.1, 0.15) is 5.82 Å². The molecule has 1 aromatic heterocycles. The van der Waals surface area contributed by atoms with Crippen molar-refractivity contribution in [2.45, 2.75) is 42.4 Å². The maximum absolute atomic E-state index is 12.3. The van der Waals surface area contributed by atoms with Crippen molar-refractivity contribution in [2.75, 3.05) is 5.32 Å². The van der Waals surface area contributed by atoms with Crippen LogP contribution in [-0.4, -0.2) is 21.4 Å².